The highest BCUT2D eigenvalue weighted by Crippen LogP contribution is 2.33. The quantitative estimate of drug-likeness (QED) is 0.726. The number of carbonyl (C=O) groups is 2. The Balaban J connectivity index is 2.37. The van der Waals surface area contributed by atoms with Crippen molar-refractivity contribution in [2.75, 3.05) is 24.9 Å². The van der Waals surface area contributed by atoms with Crippen LogP contribution in [0.5, 0.6) is 11.5 Å². The lowest BCUT2D eigenvalue weighted by molar-refractivity contribution is -0.114. The van der Waals surface area contributed by atoms with Gasteiger partial charge in [0.2, 0.25) is 5.91 Å². The number of methoxy groups -OCH3 is 2. The van der Waals surface area contributed by atoms with Crippen molar-refractivity contribution in [2.24, 2.45) is 0 Å². The number of ether oxygens (including phenoxy) is 2. The molecule has 0 aliphatic carbocycles. The second kappa shape index (κ2) is 8.89. The van der Waals surface area contributed by atoms with Crippen LogP contribution in [0.25, 0.3) is 0 Å². The number of carbonyl (C=O) groups excluding carboxylic acids is 2. The Morgan fingerprint density at radius 2 is 1.78 bits per heavy atom. The molecule has 0 aliphatic rings. The fourth-order valence-corrected chi connectivity index (χ4v) is 2.77. The van der Waals surface area contributed by atoms with Gasteiger partial charge < -0.3 is 20.1 Å². The highest BCUT2D eigenvalue weighted by atomic mass is 16.5. The molecule has 142 valence electrons. The molecular weight excluding hydrogens is 344 g/mol. The Bertz CT molecular complexity index is 875. The van der Waals surface area contributed by atoms with Crippen LogP contribution in [0.4, 0.5) is 11.4 Å². The summed E-state index contributed by atoms with van der Waals surface area (Å²) in [5.41, 5.74) is 3.29. The van der Waals surface area contributed by atoms with Gasteiger partial charge in [-0.25, -0.2) is 0 Å². The smallest absolute Gasteiger partial charge is 0.255 e. The summed E-state index contributed by atoms with van der Waals surface area (Å²) < 4.78 is 10.8. The number of rotatable bonds is 7. The van der Waals surface area contributed by atoms with Crippen molar-refractivity contribution < 1.29 is 19.1 Å². The first-order chi connectivity index (χ1) is 12.9. The van der Waals surface area contributed by atoms with E-state index in [4.69, 9.17) is 9.47 Å². The third-order valence-corrected chi connectivity index (χ3v) is 4.07. The fraction of sp³-hybridized carbons (Fsp3) is 0.238. The van der Waals surface area contributed by atoms with Crippen LogP contribution in [0.1, 0.15) is 28.4 Å². The van der Waals surface area contributed by atoms with Crippen molar-refractivity contribution in [3.63, 3.8) is 0 Å². The van der Waals surface area contributed by atoms with E-state index in [0.717, 1.165) is 11.1 Å². The van der Waals surface area contributed by atoms with Gasteiger partial charge in [-0.2, -0.15) is 0 Å². The first-order valence-electron chi connectivity index (χ1n) is 8.45. The van der Waals surface area contributed by atoms with Crippen LogP contribution in [0.3, 0.4) is 0 Å². The maximum Gasteiger partial charge on any atom is 0.255 e. The van der Waals surface area contributed by atoms with Gasteiger partial charge in [0.15, 0.2) is 11.5 Å². The monoisotopic (exact) mass is 368 g/mol. The number of benzene rings is 2. The molecule has 2 N–H and O–H groups in total. The molecule has 0 aliphatic heterocycles. The van der Waals surface area contributed by atoms with E-state index in [0.29, 0.717) is 34.9 Å². The Kier molecular flexibility index (Phi) is 6.60. The summed E-state index contributed by atoms with van der Waals surface area (Å²) in [6, 6.07) is 8.72. The van der Waals surface area contributed by atoms with Crippen LogP contribution in [0.2, 0.25) is 0 Å². The minimum atomic E-state index is -0.288. The van der Waals surface area contributed by atoms with E-state index in [-0.39, 0.29) is 11.8 Å². The summed E-state index contributed by atoms with van der Waals surface area (Å²) in [4.78, 5) is 24.1. The Hall–Kier alpha value is -3.28. The first-order valence-corrected chi connectivity index (χ1v) is 8.45. The molecule has 2 amide bonds. The van der Waals surface area contributed by atoms with Gasteiger partial charge in [-0.15, -0.1) is 6.58 Å². The highest BCUT2D eigenvalue weighted by molar-refractivity contribution is 6.06. The average molecular weight is 368 g/mol. The van der Waals surface area contributed by atoms with E-state index < -0.39 is 0 Å². The second-order valence-corrected chi connectivity index (χ2v) is 5.98. The molecule has 0 heterocycles. The zero-order valence-corrected chi connectivity index (χ0v) is 16.0. The van der Waals surface area contributed by atoms with Crippen molar-refractivity contribution in [1.29, 1.82) is 0 Å². The summed E-state index contributed by atoms with van der Waals surface area (Å²) in [6.07, 6.45) is 2.28. The molecule has 0 bridgehead atoms. The number of allylic oxidation sites excluding steroid dienone is 1. The van der Waals surface area contributed by atoms with E-state index in [9.17, 15) is 9.59 Å². The molecule has 0 radical (unpaired) electrons. The zero-order valence-electron chi connectivity index (χ0n) is 16.0. The third-order valence-electron chi connectivity index (χ3n) is 4.07. The molecule has 6 heteroatoms. The van der Waals surface area contributed by atoms with Crippen LogP contribution >= 0.6 is 0 Å². The molecule has 0 fully saturated rings. The Morgan fingerprint density at radius 1 is 1.11 bits per heavy atom. The summed E-state index contributed by atoms with van der Waals surface area (Å²) in [6.45, 7) is 7.01. The van der Waals surface area contributed by atoms with E-state index in [1.54, 1.807) is 43.5 Å². The van der Waals surface area contributed by atoms with E-state index in [1.807, 2.05) is 6.92 Å². The second-order valence-electron chi connectivity index (χ2n) is 5.98. The molecule has 0 atom stereocenters. The predicted molar refractivity (Wildman–Crippen MR) is 107 cm³/mol. The van der Waals surface area contributed by atoms with Gasteiger partial charge >= 0.3 is 0 Å². The molecule has 0 saturated carbocycles. The zero-order chi connectivity index (χ0) is 20.0. The molecular formula is C21H24N2O4. The Morgan fingerprint density at radius 3 is 2.33 bits per heavy atom. The molecule has 0 aromatic heterocycles. The van der Waals surface area contributed by atoms with E-state index in [1.165, 1.54) is 14.0 Å². The van der Waals surface area contributed by atoms with Crippen LogP contribution in [0, 0.1) is 6.92 Å². The van der Waals surface area contributed by atoms with Crippen LogP contribution in [0.15, 0.2) is 43.0 Å². The SMILES string of the molecule is C=CCc1cc(C(=O)Nc2cccc(NC(C)=O)c2C)cc(OC)c1OC. The minimum absolute atomic E-state index is 0.171. The van der Waals surface area contributed by atoms with Crippen molar-refractivity contribution >= 4 is 23.2 Å². The summed E-state index contributed by atoms with van der Waals surface area (Å²) in [5, 5.41) is 5.63. The fourth-order valence-electron chi connectivity index (χ4n) is 2.77. The summed E-state index contributed by atoms with van der Waals surface area (Å²) in [5.74, 6) is 0.600. The predicted octanol–water partition coefficient (Wildman–Crippen LogP) is 3.95. The number of anilines is 2. The maximum atomic E-state index is 12.8. The van der Waals surface area contributed by atoms with Gasteiger partial charge in [-0.05, 0) is 43.2 Å². The number of hydrogen-bond acceptors (Lipinski definition) is 4. The number of nitrogens with one attached hydrogen (secondary N) is 2. The molecule has 2 rings (SSSR count). The van der Waals surface area contributed by atoms with E-state index in [2.05, 4.69) is 17.2 Å². The van der Waals surface area contributed by atoms with Crippen molar-refractivity contribution in [1.82, 2.24) is 0 Å². The van der Waals surface area contributed by atoms with Gasteiger partial charge in [-0.1, -0.05) is 12.1 Å². The van der Waals surface area contributed by atoms with Crippen molar-refractivity contribution in [2.45, 2.75) is 20.3 Å². The molecule has 0 spiro atoms. The lowest BCUT2D eigenvalue weighted by Gasteiger charge is -2.16. The topological polar surface area (TPSA) is 76.7 Å². The lowest BCUT2D eigenvalue weighted by Crippen LogP contribution is -2.15. The third kappa shape index (κ3) is 4.67. The molecule has 0 unspecified atom stereocenters. The van der Waals surface area contributed by atoms with Gasteiger partial charge in [0.05, 0.1) is 14.2 Å². The highest BCUT2D eigenvalue weighted by Gasteiger charge is 2.17. The van der Waals surface area contributed by atoms with Crippen molar-refractivity contribution in [3.05, 3.63) is 59.7 Å². The summed E-state index contributed by atoms with van der Waals surface area (Å²) >= 11 is 0. The Labute approximate surface area is 159 Å². The van der Waals surface area contributed by atoms with E-state index >= 15 is 0 Å². The normalized spacial score (nSPS) is 10.1. The average Bonchev–Trinajstić information content (AvgIpc) is 2.64. The van der Waals surface area contributed by atoms with Crippen LogP contribution in [-0.2, 0) is 11.2 Å². The largest absolute Gasteiger partial charge is 0.493 e. The molecule has 27 heavy (non-hydrogen) atoms. The standard InChI is InChI=1S/C21H24N2O4/c1-6-8-15-11-16(12-19(26-4)20(15)27-5)21(25)23-18-10-7-9-17(13(18)2)22-14(3)24/h6-7,9-12H,1,8H2,2-5H3,(H,22,24)(H,23,25). The first kappa shape index (κ1) is 20.0. The van der Waals surface area contributed by atoms with Crippen LogP contribution < -0.4 is 20.1 Å². The van der Waals surface area contributed by atoms with Crippen LogP contribution in [-0.4, -0.2) is 26.0 Å². The molecule has 2 aromatic carbocycles. The maximum absolute atomic E-state index is 12.8. The van der Waals surface area contributed by atoms with Gasteiger partial charge in [0.25, 0.3) is 5.91 Å². The van der Waals surface area contributed by atoms with Gasteiger partial charge in [0, 0.05) is 29.4 Å². The number of hydrogen-bond donors (Lipinski definition) is 2. The van der Waals surface area contributed by atoms with Crippen molar-refractivity contribution in [3.8, 4) is 11.5 Å². The van der Waals surface area contributed by atoms with Gasteiger partial charge in [0.1, 0.15) is 0 Å². The molecule has 2 aromatic rings. The minimum Gasteiger partial charge on any atom is -0.493 e. The molecule has 6 nitrogen and oxygen atoms in total. The summed E-state index contributed by atoms with van der Waals surface area (Å²) in [7, 11) is 3.08. The van der Waals surface area contributed by atoms with Gasteiger partial charge in [-0.3, -0.25) is 9.59 Å². The lowest BCUT2D eigenvalue weighted by atomic mass is 10.0. The number of amides is 2. The molecule has 0 saturated heterocycles.